The van der Waals surface area contributed by atoms with E-state index in [0.717, 1.165) is 38.0 Å². The van der Waals surface area contributed by atoms with Crippen LogP contribution in [0.4, 0.5) is 4.79 Å². The van der Waals surface area contributed by atoms with Crippen LogP contribution >= 0.6 is 0 Å². The number of nitrogens with zero attached hydrogens (tertiary/aromatic N) is 1. The highest BCUT2D eigenvalue weighted by atomic mass is 16.6. The van der Waals surface area contributed by atoms with Gasteiger partial charge in [0.25, 0.3) is 0 Å². The molecule has 4 nitrogen and oxygen atoms in total. The summed E-state index contributed by atoms with van der Waals surface area (Å²) in [6, 6.07) is 0.720. The fourth-order valence-electron chi connectivity index (χ4n) is 3.90. The zero-order valence-electron chi connectivity index (χ0n) is 15.6. The molecule has 1 amide bonds. The maximum absolute atomic E-state index is 12.1. The van der Waals surface area contributed by atoms with E-state index in [-0.39, 0.29) is 6.09 Å². The molecular formula is C19H36N2O2. The molecule has 0 aromatic heterocycles. The van der Waals surface area contributed by atoms with E-state index in [0.29, 0.717) is 5.92 Å². The van der Waals surface area contributed by atoms with E-state index in [1.807, 2.05) is 25.7 Å². The maximum Gasteiger partial charge on any atom is 0.410 e. The van der Waals surface area contributed by atoms with Gasteiger partial charge in [0.15, 0.2) is 0 Å². The van der Waals surface area contributed by atoms with Gasteiger partial charge in [0.2, 0.25) is 0 Å². The minimum atomic E-state index is -0.395. The number of likely N-dealkylation sites (tertiary alicyclic amines) is 1. The molecule has 134 valence electrons. The van der Waals surface area contributed by atoms with Crippen molar-refractivity contribution in [2.75, 3.05) is 19.6 Å². The van der Waals surface area contributed by atoms with E-state index in [1.54, 1.807) is 0 Å². The molecule has 1 heterocycles. The van der Waals surface area contributed by atoms with E-state index >= 15 is 0 Å². The lowest BCUT2D eigenvalue weighted by atomic mass is 9.84. The Morgan fingerprint density at radius 2 is 2.00 bits per heavy atom. The van der Waals surface area contributed by atoms with Crippen LogP contribution in [0, 0.1) is 11.8 Å². The van der Waals surface area contributed by atoms with Crippen molar-refractivity contribution in [3.05, 3.63) is 0 Å². The minimum absolute atomic E-state index is 0.147. The molecule has 0 spiro atoms. The van der Waals surface area contributed by atoms with Crippen LogP contribution in [-0.2, 0) is 4.74 Å². The Morgan fingerprint density at radius 3 is 2.70 bits per heavy atom. The van der Waals surface area contributed by atoms with Crippen molar-refractivity contribution in [2.24, 2.45) is 11.8 Å². The fraction of sp³-hybridized carbons (Fsp3) is 0.947. The van der Waals surface area contributed by atoms with E-state index in [9.17, 15) is 4.79 Å². The van der Waals surface area contributed by atoms with Crippen LogP contribution < -0.4 is 5.32 Å². The van der Waals surface area contributed by atoms with Gasteiger partial charge in [-0.2, -0.15) is 0 Å². The van der Waals surface area contributed by atoms with Gasteiger partial charge in [0, 0.05) is 19.1 Å². The first-order chi connectivity index (χ1) is 10.9. The van der Waals surface area contributed by atoms with Crippen molar-refractivity contribution in [3.63, 3.8) is 0 Å². The lowest BCUT2D eigenvalue weighted by Gasteiger charge is -2.29. The molecule has 1 aliphatic carbocycles. The largest absolute Gasteiger partial charge is 0.444 e. The average Bonchev–Trinajstić information content (AvgIpc) is 2.95. The molecule has 4 heteroatoms. The number of hydrogen-bond acceptors (Lipinski definition) is 3. The van der Waals surface area contributed by atoms with Crippen LogP contribution in [-0.4, -0.2) is 42.3 Å². The predicted octanol–water partition coefficient (Wildman–Crippen LogP) is 4.19. The predicted molar refractivity (Wildman–Crippen MR) is 94.6 cm³/mol. The zero-order valence-corrected chi connectivity index (χ0v) is 15.6. The number of carbonyl (C=O) groups is 1. The summed E-state index contributed by atoms with van der Waals surface area (Å²) in [5.41, 5.74) is -0.395. The standard InChI is InChI=1S/C19H36N2O2/c1-5-15-7-6-8-17(13-15)20-11-9-16-10-12-21(14-16)18(22)23-19(2,3)4/h15-17,20H,5-14H2,1-4H3. The molecule has 1 saturated heterocycles. The molecule has 2 rings (SSSR count). The van der Waals surface area contributed by atoms with Crippen LogP contribution in [0.25, 0.3) is 0 Å². The topological polar surface area (TPSA) is 41.6 Å². The Morgan fingerprint density at radius 1 is 1.22 bits per heavy atom. The fourth-order valence-corrected chi connectivity index (χ4v) is 3.90. The molecule has 0 aromatic carbocycles. The van der Waals surface area contributed by atoms with Crippen molar-refractivity contribution < 1.29 is 9.53 Å². The number of rotatable bonds is 5. The van der Waals surface area contributed by atoms with Gasteiger partial charge in [-0.3, -0.25) is 0 Å². The summed E-state index contributed by atoms with van der Waals surface area (Å²) in [5.74, 6) is 1.55. The van der Waals surface area contributed by atoms with Gasteiger partial charge in [0.05, 0.1) is 0 Å². The van der Waals surface area contributed by atoms with Gasteiger partial charge >= 0.3 is 6.09 Å². The first-order valence-electron chi connectivity index (χ1n) is 9.58. The number of amides is 1. The van der Waals surface area contributed by atoms with Gasteiger partial charge < -0.3 is 15.0 Å². The number of nitrogens with one attached hydrogen (secondary N) is 1. The summed E-state index contributed by atoms with van der Waals surface area (Å²) in [6.07, 6.45) is 8.96. The molecule has 3 unspecified atom stereocenters. The van der Waals surface area contributed by atoms with Gasteiger partial charge in [-0.25, -0.2) is 4.79 Å². The minimum Gasteiger partial charge on any atom is -0.444 e. The van der Waals surface area contributed by atoms with Crippen LogP contribution in [0.5, 0.6) is 0 Å². The summed E-state index contributed by atoms with van der Waals surface area (Å²) in [7, 11) is 0. The summed E-state index contributed by atoms with van der Waals surface area (Å²) in [4.78, 5) is 14.0. The third-order valence-electron chi connectivity index (χ3n) is 5.28. The Kier molecular flexibility index (Phi) is 6.75. The Bertz CT molecular complexity index is 378. The van der Waals surface area contributed by atoms with Crippen molar-refractivity contribution in [3.8, 4) is 0 Å². The van der Waals surface area contributed by atoms with Crippen molar-refractivity contribution in [2.45, 2.75) is 84.3 Å². The Balaban J connectivity index is 1.63. The van der Waals surface area contributed by atoms with E-state index in [2.05, 4.69) is 12.2 Å². The molecule has 23 heavy (non-hydrogen) atoms. The lowest BCUT2D eigenvalue weighted by molar-refractivity contribution is 0.0287. The molecule has 0 bridgehead atoms. The molecule has 3 atom stereocenters. The Labute approximate surface area is 142 Å². The lowest BCUT2D eigenvalue weighted by Crippen LogP contribution is -2.36. The van der Waals surface area contributed by atoms with E-state index < -0.39 is 5.60 Å². The van der Waals surface area contributed by atoms with Crippen molar-refractivity contribution in [1.82, 2.24) is 10.2 Å². The molecule has 0 aromatic rings. The third-order valence-corrected chi connectivity index (χ3v) is 5.28. The number of carbonyl (C=O) groups excluding carboxylic acids is 1. The first-order valence-corrected chi connectivity index (χ1v) is 9.58. The second-order valence-electron chi connectivity index (χ2n) is 8.46. The normalized spacial score (nSPS) is 28.9. The number of ether oxygens (including phenoxy) is 1. The van der Waals surface area contributed by atoms with Gasteiger partial charge in [-0.05, 0) is 64.8 Å². The van der Waals surface area contributed by atoms with Crippen molar-refractivity contribution >= 4 is 6.09 Å². The van der Waals surface area contributed by atoms with E-state index in [4.69, 9.17) is 4.74 Å². The molecule has 1 aliphatic heterocycles. The van der Waals surface area contributed by atoms with Crippen LogP contribution in [0.3, 0.4) is 0 Å². The first kappa shape index (κ1) is 18.6. The van der Waals surface area contributed by atoms with Crippen LogP contribution in [0.2, 0.25) is 0 Å². The molecule has 2 aliphatic rings. The summed E-state index contributed by atoms with van der Waals surface area (Å²) < 4.78 is 5.47. The van der Waals surface area contributed by atoms with E-state index in [1.165, 1.54) is 38.5 Å². The molecule has 0 radical (unpaired) electrons. The summed E-state index contributed by atoms with van der Waals surface area (Å²) >= 11 is 0. The van der Waals surface area contributed by atoms with Crippen LogP contribution in [0.1, 0.15) is 72.6 Å². The number of hydrogen-bond donors (Lipinski definition) is 1. The van der Waals surface area contributed by atoms with Crippen molar-refractivity contribution in [1.29, 1.82) is 0 Å². The summed E-state index contributed by atoms with van der Waals surface area (Å²) in [5, 5.41) is 3.76. The SMILES string of the molecule is CCC1CCCC(NCCC2CCN(C(=O)OC(C)(C)C)C2)C1. The molecular weight excluding hydrogens is 288 g/mol. The maximum atomic E-state index is 12.1. The Hall–Kier alpha value is -0.770. The highest BCUT2D eigenvalue weighted by Gasteiger charge is 2.29. The van der Waals surface area contributed by atoms with Gasteiger partial charge in [0.1, 0.15) is 5.60 Å². The second-order valence-corrected chi connectivity index (χ2v) is 8.46. The van der Waals surface area contributed by atoms with Gasteiger partial charge in [-0.15, -0.1) is 0 Å². The molecule has 1 N–H and O–H groups in total. The zero-order chi connectivity index (χ0) is 16.9. The molecule has 1 saturated carbocycles. The summed E-state index contributed by atoms with van der Waals surface area (Å²) in [6.45, 7) is 10.9. The van der Waals surface area contributed by atoms with Gasteiger partial charge in [-0.1, -0.05) is 26.2 Å². The average molecular weight is 325 g/mol. The quantitative estimate of drug-likeness (QED) is 0.824. The monoisotopic (exact) mass is 324 g/mol. The van der Waals surface area contributed by atoms with Crippen LogP contribution in [0.15, 0.2) is 0 Å². The smallest absolute Gasteiger partial charge is 0.410 e. The second kappa shape index (κ2) is 8.36. The highest BCUT2D eigenvalue weighted by Crippen LogP contribution is 2.27. The highest BCUT2D eigenvalue weighted by molar-refractivity contribution is 5.68. The molecule has 2 fully saturated rings. The third kappa shape index (κ3) is 6.33.